The number of nitrogens with zero attached hydrogens (tertiary/aromatic N) is 1. The van der Waals surface area contributed by atoms with Crippen molar-refractivity contribution in [2.45, 2.75) is 39.4 Å². The van der Waals surface area contributed by atoms with Crippen LogP contribution in [0.1, 0.15) is 39.4 Å². The maximum atomic E-state index is 12.5. The van der Waals surface area contributed by atoms with Gasteiger partial charge in [-0.25, -0.2) is 4.79 Å². The van der Waals surface area contributed by atoms with E-state index >= 15 is 0 Å². The normalized spacial score (nSPS) is 17.4. The van der Waals surface area contributed by atoms with Gasteiger partial charge in [0.05, 0.1) is 6.26 Å². The summed E-state index contributed by atoms with van der Waals surface area (Å²) >= 11 is 0. The third-order valence-corrected chi connectivity index (χ3v) is 4.63. The van der Waals surface area contributed by atoms with E-state index in [-0.39, 0.29) is 19.7 Å². The SMILES string of the molecule is CC(C)(C)OC(=O)N1CC(C)(C(=O)OC[C@H](OS(C)(=O)=O)c2ccccc2)C1. The fourth-order valence-electron chi connectivity index (χ4n) is 2.76. The number of esters is 1. The summed E-state index contributed by atoms with van der Waals surface area (Å²) in [5.41, 5.74) is -0.909. The summed E-state index contributed by atoms with van der Waals surface area (Å²) in [5.74, 6) is -0.523. The van der Waals surface area contributed by atoms with Gasteiger partial charge < -0.3 is 14.4 Å². The fraction of sp³-hybridized carbons (Fsp3) is 0.579. The molecule has 1 atom stereocenters. The second-order valence-corrected chi connectivity index (χ2v) is 9.80. The van der Waals surface area contributed by atoms with E-state index in [1.54, 1.807) is 58.0 Å². The molecule has 0 bridgehead atoms. The summed E-state index contributed by atoms with van der Waals surface area (Å²) in [6.07, 6.45) is -0.484. The highest BCUT2D eigenvalue weighted by atomic mass is 32.2. The summed E-state index contributed by atoms with van der Waals surface area (Å²) in [4.78, 5) is 25.9. The molecule has 2 rings (SSSR count). The molecule has 1 aromatic carbocycles. The average molecular weight is 413 g/mol. The van der Waals surface area contributed by atoms with Gasteiger partial charge >= 0.3 is 12.1 Å². The Bertz CT molecular complexity index is 808. The van der Waals surface area contributed by atoms with Crippen molar-refractivity contribution in [1.29, 1.82) is 0 Å². The van der Waals surface area contributed by atoms with Crippen LogP contribution in [0.5, 0.6) is 0 Å². The lowest BCUT2D eigenvalue weighted by atomic mass is 9.82. The molecule has 1 fully saturated rings. The van der Waals surface area contributed by atoms with E-state index in [1.165, 1.54) is 4.90 Å². The van der Waals surface area contributed by atoms with Crippen molar-refractivity contribution in [2.24, 2.45) is 5.41 Å². The van der Waals surface area contributed by atoms with Gasteiger partial charge in [0.1, 0.15) is 23.7 Å². The van der Waals surface area contributed by atoms with Gasteiger partial charge in [0.25, 0.3) is 10.1 Å². The third-order valence-electron chi connectivity index (χ3n) is 4.05. The van der Waals surface area contributed by atoms with Crippen LogP contribution in [0.2, 0.25) is 0 Å². The molecule has 8 nitrogen and oxygen atoms in total. The molecule has 1 aromatic rings. The van der Waals surface area contributed by atoms with E-state index in [2.05, 4.69) is 0 Å². The van der Waals surface area contributed by atoms with Crippen molar-refractivity contribution >= 4 is 22.2 Å². The summed E-state index contributed by atoms with van der Waals surface area (Å²) in [7, 11) is -3.74. The second-order valence-electron chi connectivity index (χ2n) is 8.20. The van der Waals surface area contributed by atoms with Crippen molar-refractivity contribution in [1.82, 2.24) is 4.90 Å². The van der Waals surface area contributed by atoms with Crippen LogP contribution in [-0.4, -0.2) is 56.9 Å². The zero-order valence-corrected chi connectivity index (χ0v) is 17.6. The van der Waals surface area contributed by atoms with Crippen molar-refractivity contribution in [3.8, 4) is 0 Å². The molecule has 0 unspecified atom stereocenters. The van der Waals surface area contributed by atoms with Crippen LogP contribution in [0.3, 0.4) is 0 Å². The van der Waals surface area contributed by atoms with E-state index in [4.69, 9.17) is 13.7 Å². The number of hydrogen-bond acceptors (Lipinski definition) is 7. The van der Waals surface area contributed by atoms with E-state index in [0.717, 1.165) is 6.26 Å². The molecule has 0 radical (unpaired) electrons. The molecule has 9 heteroatoms. The van der Waals surface area contributed by atoms with Gasteiger partial charge in [-0.1, -0.05) is 30.3 Å². The van der Waals surface area contributed by atoms with Gasteiger partial charge in [-0.3, -0.25) is 8.98 Å². The van der Waals surface area contributed by atoms with Gasteiger partial charge in [-0.2, -0.15) is 8.42 Å². The Hall–Kier alpha value is -2.13. The highest BCUT2D eigenvalue weighted by Crippen LogP contribution is 2.33. The molecule has 156 valence electrons. The van der Waals surface area contributed by atoms with Gasteiger partial charge in [-0.05, 0) is 33.3 Å². The second kappa shape index (κ2) is 8.08. The Kier molecular flexibility index (Phi) is 6.40. The van der Waals surface area contributed by atoms with Crippen LogP contribution < -0.4 is 0 Å². The van der Waals surface area contributed by atoms with E-state index in [9.17, 15) is 18.0 Å². The van der Waals surface area contributed by atoms with Crippen LogP contribution >= 0.6 is 0 Å². The first kappa shape index (κ1) is 22.2. The van der Waals surface area contributed by atoms with Gasteiger partial charge in [-0.15, -0.1) is 0 Å². The Morgan fingerprint density at radius 3 is 2.25 bits per heavy atom. The van der Waals surface area contributed by atoms with Crippen LogP contribution in [0, 0.1) is 5.41 Å². The van der Waals surface area contributed by atoms with E-state index < -0.39 is 39.3 Å². The number of amides is 1. The third kappa shape index (κ3) is 6.20. The molecule has 0 spiro atoms. The van der Waals surface area contributed by atoms with Crippen molar-refractivity contribution in [3.05, 3.63) is 35.9 Å². The van der Waals surface area contributed by atoms with Crippen LogP contribution in [0.15, 0.2) is 30.3 Å². The summed E-state index contributed by atoms with van der Waals surface area (Å²) in [6, 6.07) is 8.65. The van der Waals surface area contributed by atoms with Crippen molar-refractivity contribution in [3.63, 3.8) is 0 Å². The molecular formula is C19H27NO7S. The van der Waals surface area contributed by atoms with Gasteiger partial charge in [0.15, 0.2) is 0 Å². The van der Waals surface area contributed by atoms with E-state index in [0.29, 0.717) is 5.56 Å². The first-order chi connectivity index (χ1) is 12.8. The number of ether oxygens (including phenoxy) is 2. The maximum absolute atomic E-state index is 12.5. The molecule has 1 saturated heterocycles. The minimum absolute atomic E-state index is 0.170. The number of carbonyl (C=O) groups excluding carboxylic acids is 2. The number of benzene rings is 1. The molecule has 0 saturated carbocycles. The van der Waals surface area contributed by atoms with Gasteiger partial charge in [0.2, 0.25) is 0 Å². The Balaban J connectivity index is 1.95. The highest BCUT2D eigenvalue weighted by Gasteiger charge is 2.49. The zero-order valence-electron chi connectivity index (χ0n) is 16.8. The average Bonchev–Trinajstić information content (AvgIpc) is 2.53. The minimum atomic E-state index is -3.74. The Labute approximate surface area is 165 Å². The molecule has 0 aromatic heterocycles. The molecule has 0 N–H and O–H groups in total. The lowest BCUT2D eigenvalue weighted by Crippen LogP contribution is -2.61. The number of rotatable bonds is 6. The summed E-state index contributed by atoms with van der Waals surface area (Å²) in [6.45, 7) is 7.08. The molecule has 1 aliphatic rings. The van der Waals surface area contributed by atoms with Crippen LogP contribution in [-0.2, 0) is 28.6 Å². The number of likely N-dealkylation sites (tertiary alicyclic amines) is 1. The number of carbonyl (C=O) groups is 2. The lowest BCUT2D eigenvalue weighted by molar-refractivity contribution is -0.166. The summed E-state index contributed by atoms with van der Waals surface area (Å²) in [5, 5.41) is 0. The maximum Gasteiger partial charge on any atom is 0.410 e. The first-order valence-corrected chi connectivity index (χ1v) is 10.7. The van der Waals surface area contributed by atoms with E-state index in [1.807, 2.05) is 0 Å². The first-order valence-electron chi connectivity index (χ1n) is 8.87. The van der Waals surface area contributed by atoms with Crippen LogP contribution in [0.4, 0.5) is 4.79 Å². The molecule has 1 aliphatic heterocycles. The smallest absolute Gasteiger partial charge is 0.410 e. The largest absolute Gasteiger partial charge is 0.462 e. The molecule has 28 heavy (non-hydrogen) atoms. The Morgan fingerprint density at radius 2 is 1.75 bits per heavy atom. The topological polar surface area (TPSA) is 99.2 Å². The predicted molar refractivity (Wildman–Crippen MR) is 102 cm³/mol. The Morgan fingerprint density at radius 1 is 1.18 bits per heavy atom. The summed E-state index contributed by atoms with van der Waals surface area (Å²) < 4.78 is 38.7. The zero-order chi connectivity index (χ0) is 21.2. The molecular weight excluding hydrogens is 386 g/mol. The fourth-order valence-corrected chi connectivity index (χ4v) is 3.35. The quantitative estimate of drug-likeness (QED) is 0.522. The molecule has 1 amide bonds. The van der Waals surface area contributed by atoms with Crippen molar-refractivity contribution in [2.75, 3.05) is 26.0 Å². The monoisotopic (exact) mass is 413 g/mol. The lowest BCUT2D eigenvalue weighted by Gasteiger charge is -2.45. The predicted octanol–water partition coefficient (Wildman–Crippen LogP) is 2.50. The molecule has 0 aliphatic carbocycles. The van der Waals surface area contributed by atoms with Crippen molar-refractivity contribution < 1.29 is 31.7 Å². The number of hydrogen-bond donors (Lipinski definition) is 0. The highest BCUT2D eigenvalue weighted by molar-refractivity contribution is 7.86. The standard InChI is InChI=1S/C19H27NO7S/c1-18(2,3)26-17(22)20-12-19(4,13-20)16(21)25-11-15(27-28(5,23)24)14-9-7-6-8-10-14/h6-10,15H,11-13H2,1-5H3/t15-/m0/s1. The van der Waals surface area contributed by atoms with Crippen LogP contribution in [0.25, 0.3) is 0 Å². The molecule has 1 heterocycles. The minimum Gasteiger partial charge on any atom is -0.462 e. The van der Waals surface area contributed by atoms with Gasteiger partial charge in [0, 0.05) is 13.1 Å².